The van der Waals surface area contributed by atoms with Crippen LogP contribution in [-0.4, -0.2) is 22.7 Å². The van der Waals surface area contributed by atoms with Crippen LogP contribution in [0.2, 0.25) is 0 Å². The van der Waals surface area contributed by atoms with Crippen LogP contribution in [0.15, 0.2) is 12.7 Å². The fraction of sp³-hybridized carbons (Fsp3) is 0.625. The van der Waals surface area contributed by atoms with Crippen LogP contribution in [0.4, 0.5) is 0 Å². The van der Waals surface area contributed by atoms with Gasteiger partial charge in [0.2, 0.25) is 0 Å². The molecule has 11 heavy (non-hydrogen) atoms. The maximum atomic E-state index is 10.6. The van der Waals surface area contributed by atoms with Crippen LogP contribution in [0.1, 0.15) is 19.8 Å². The number of aliphatic carboxylic acids is 1. The molecule has 1 aliphatic rings. The number of carboxylic acids is 1. The lowest BCUT2D eigenvalue weighted by molar-refractivity contribution is -0.140. The fourth-order valence-electron chi connectivity index (χ4n) is 1.04. The summed E-state index contributed by atoms with van der Waals surface area (Å²) in [6.07, 6.45) is 3.18. The summed E-state index contributed by atoms with van der Waals surface area (Å²) in [7, 11) is 0. The third-order valence-electron chi connectivity index (χ3n) is 2.02. The van der Waals surface area contributed by atoms with Gasteiger partial charge in [0.15, 0.2) is 0 Å². The maximum absolute atomic E-state index is 10.6. The first-order chi connectivity index (χ1) is 5.10. The van der Waals surface area contributed by atoms with Crippen molar-refractivity contribution >= 4 is 5.97 Å². The van der Waals surface area contributed by atoms with E-state index in [9.17, 15) is 4.79 Å². The summed E-state index contributed by atoms with van der Waals surface area (Å²) in [6.45, 7) is 5.48. The Morgan fingerprint density at radius 1 is 1.82 bits per heavy atom. The van der Waals surface area contributed by atoms with Crippen LogP contribution < -0.4 is 5.32 Å². The highest BCUT2D eigenvalue weighted by atomic mass is 16.4. The molecule has 0 saturated heterocycles. The van der Waals surface area contributed by atoms with E-state index in [4.69, 9.17) is 5.11 Å². The molecule has 0 aliphatic heterocycles. The summed E-state index contributed by atoms with van der Waals surface area (Å²) in [5, 5.41) is 11.8. The Kier molecular flexibility index (Phi) is 2.00. The molecule has 0 amide bonds. The largest absolute Gasteiger partial charge is 0.480 e. The van der Waals surface area contributed by atoms with Crippen molar-refractivity contribution in [2.75, 3.05) is 0 Å². The minimum absolute atomic E-state index is 0.0774. The number of carboxylic acid groups (broad SMARTS) is 1. The third-order valence-corrected chi connectivity index (χ3v) is 2.02. The van der Waals surface area contributed by atoms with E-state index >= 15 is 0 Å². The van der Waals surface area contributed by atoms with Crippen molar-refractivity contribution in [3.05, 3.63) is 12.7 Å². The molecule has 0 spiro atoms. The van der Waals surface area contributed by atoms with E-state index in [0.29, 0.717) is 0 Å². The molecule has 62 valence electrons. The van der Waals surface area contributed by atoms with E-state index in [-0.39, 0.29) is 6.04 Å². The number of hydrogen-bond acceptors (Lipinski definition) is 2. The summed E-state index contributed by atoms with van der Waals surface area (Å²) in [4.78, 5) is 10.6. The Morgan fingerprint density at radius 3 is 2.64 bits per heavy atom. The second kappa shape index (κ2) is 2.66. The predicted molar refractivity (Wildman–Crippen MR) is 42.4 cm³/mol. The van der Waals surface area contributed by atoms with E-state index in [1.54, 1.807) is 6.08 Å². The quantitative estimate of drug-likeness (QED) is 0.589. The minimum atomic E-state index is -0.744. The zero-order valence-corrected chi connectivity index (χ0v) is 6.63. The van der Waals surface area contributed by atoms with Crippen LogP contribution in [-0.2, 0) is 4.79 Å². The van der Waals surface area contributed by atoms with Gasteiger partial charge in [0.1, 0.15) is 5.54 Å². The van der Waals surface area contributed by atoms with Gasteiger partial charge in [0, 0.05) is 6.04 Å². The SMILES string of the molecule is C=CC(C)NC1(C(=O)O)CC1. The molecule has 0 aromatic rings. The van der Waals surface area contributed by atoms with Gasteiger partial charge < -0.3 is 5.11 Å². The molecule has 1 rings (SSSR count). The molecule has 1 saturated carbocycles. The predicted octanol–water partition coefficient (Wildman–Crippen LogP) is 0.768. The normalized spacial score (nSPS) is 22.3. The summed E-state index contributed by atoms with van der Waals surface area (Å²) >= 11 is 0. The molecule has 1 aliphatic carbocycles. The third kappa shape index (κ3) is 1.60. The minimum Gasteiger partial charge on any atom is -0.480 e. The van der Waals surface area contributed by atoms with Crippen molar-refractivity contribution in [3.8, 4) is 0 Å². The number of hydrogen-bond donors (Lipinski definition) is 2. The second-order valence-corrected chi connectivity index (χ2v) is 3.06. The van der Waals surface area contributed by atoms with Gasteiger partial charge in [-0.2, -0.15) is 0 Å². The van der Waals surface area contributed by atoms with Gasteiger partial charge in [-0.1, -0.05) is 6.08 Å². The van der Waals surface area contributed by atoms with Crippen LogP contribution in [0, 0.1) is 0 Å². The molecule has 1 fully saturated rings. The van der Waals surface area contributed by atoms with Gasteiger partial charge in [-0.25, -0.2) is 0 Å². The summed E-state index contributed by atoms with van der Waals surface area (Å²) in [5.74, 6) is -0.744. The molecule has 0 radical (unpaired) electrons. The Bertz CT molecular complexity index is 185. The van der Waals surface area contributed by atoms with Crippen molar-refractivity contribution in [2.24, 2.45) is 0 Å². The van der Waals surface area contributed by atoms with Gasteiger partial charge in [-0.3, -0.25) is 10.1 Å². The van der Waals surface area contributed by atoms with Crippen molar-refractivity contribution in [1.82, 2.24) is 5.32 Å². The average molecular weight is 155 g/mol. The molecule has 0 aromatic heterocycles. The van der Waals surface area contributed by atoms with E-state index in [0.717, 1.165) is 12.8 Å². The molecular formula is C8H13NO2. The van der Waals surface area contributed by atoms with Crippen molar-refractivity contribution in [2.45, 2.75) is 31.3 Å². The molecule has 1 unspecified atom stereocenters. The van der Waals surface area contributed by atoms with Crippen molar-refractivity contribution in [3.63, 3.8) is 0 Å². The highest BCUT2D eigenvalue weighted by Gasteiger charge is 2.50. The summed E-state index contributed by atoms with van der Waals surface area (Å²) < 4.78 is 0. The molecule has 3 heteroatoms. The van der Waals surface area contributed by atoms with E-state index in [2.05, 4.69) is 11.9 Å². The summed E-state index contributed by atoms with van der Waals surface area (Å²) in [5.41, 5.74) is -0.631. The van der Waals surface area contributed by atoms with Crippen LogP contribution in [0.3, 0.4) is 0 Å². The lowest BCUT2D eigenvalue weighted by Gasteiger charge is -2.15. The smallest absolute Gasteiger partial charge is 0.323 e. The van der Waals surface area contributed by atoms with E-state index in [1.165, 1.54) is 0 Å². The topological polar surface area (TPSA) is 49.3 Å². The zero-order chi connectivity index (χ0) is 8.48. The Hall–Kier alpha value is -0.830. The van der Waals surface area contributed by atoms with Crippen LogP contribution >= 0.6 is 0 Å². The molecule has 1 atom stereocenters. The highest BCUT2D eigenvalue weighted by molar-refractivity contribution is 5.82. The van der Waals surface area contributed by atoms with Gasteiger partial charge >= 0.3 is 5.97 Å². The monoisotopic (exact) mass is 155 g/mol. The molecule has 0 aromatic carbocycles. The molecule has 0 heterocycles. The molecule has 3 nitrogen and oxygen atoms in total. The van der Waals surface area contributed by atoms with Crippen LogP contribution in [0.5, 0.6) is 0 Å². The van der Waals surface area contributed by atoms with Gasteiger partial charge in [0.25, 0.3) is 0 Å². The number of nitrogens with one attached hydrogen (secondary N) is 1. The highest BCUT2D eigenvalue weighted by Crippen LogP contribution is 2.35. The second-order valence-electron chi connectivity index (χ2n) is 3.06. The van der Waals surface area contributed by atoms with E-state index in [1.807, 2.05) is 6.92 Å². The lowest BCUT2D eigenvalue weighted by Crippen LogP contribution is -2.43. The molecule has 0 bridgehead atoms. The van der Waals surface area contributed by atoms with Crippen molar-refractivity contribution in [1.29, 1.82) is 0 Å². The number of rotatable bonds is 4. The average Bonchev–Trinajstić information content (AvgIpc) is 2.69. The molecular weight excluding hydrogens is 142 g/mol. The lowest BCUT2D eigenvalue weighted by atomic mass is 10.2. The van der Waals surface area contributed by atoms with Crippen molar-refractivity contribution < 1.29 is 9.90 Å². The fourth-order valence-corrected chi connectivity index (χ4v) is 1.04. The number of carbonyl (C=O) groups is 1. The van der Waals surface area contributed by atoms with Gasteiger partial charge in [0.05, 0.1) is 0 Å². The van der Waals surface area contributed by atoms with Gasteiger partial charge in [-0.15, -0.1) is 6.58 Å². The van der Waals surface area contributed by atoms with Crippen LogP contribution in [0.25, 0.3) is 0 Å². The standard InChI is InChI=1S/C8H13NO2/c1-3-6(2)9-8(4-5-8)7(10)11/h3,6,9H,1,4-5H2,2H3,(H,10,11). The Balaban J connectivity index is 2.47. The first-order valence-electron chi connectivity index (χ1n) is 3.74. The van der Waals surface area contributed by atoms with E-state index < -0.39 is 11.5 Å². The summed E-state index contributed by atoms with van der Waals surface area (Å²) in [6, 6.07) is 0.0774. The Labute approximate surface area is 66.1 Å². The maximum Gasteiger partial charge on any atom is 0.323 e. The molecule has 2 N–H and O–H groups in total. The van der Waals surface area contributed by atoms with Gasteiger partial charge in [-0.05, 0) is 19.8 Å². The first kappa shape index (κ1) is 8.27. The Morgan fingerprint density at radius 2 is 2.36 bits per heavy atom. The first-order valence-corrected chi connectivity index (χ1v) is 3.74. The zero-order valence-electron chi connectivity index (χ0n) is 6.63.